The van der Waals surface area contributed by atoms with Crippen LogP contribution in [-0.2, 0) is 19.1 Å². The lowest BCUT2D eigenvalue weighted by Gasteiger charge is -2.28. The average Bonchev–Trinajstić information content (AvgIpc) is 3.09. The quantitative estimate of drug-likeness (QED) is 0.300. The van der Waals surface area contributed by atoms with Gasteiger partial charge in [-0.2, -0.15) is 0 Å². The van der Waals surface area contributed by atoms with Crippen molar-refractivity contribution in [2.24, 2.45) is 0 Å². The fraction of sp³-hybridized carbons (Fsp3) is 0.0769. The lowest BCUT2D eigenvalue weighted by molar-refractivity contribution is -0.139. The fourth-order valence-electron chi connectivity index (χ4n) is 3.89. The molecule has 0 aromatic heterocycles. The predicted octanol–water partition coefficient (Wildman–Crippen LogP) is 6.66. The molecule has 0 aliphatic carbocycles. The van der Waals surface area contributed by atoms with E-state index in [0.717, 1.165) is 5.39 Å². The second kappa shape index (κ2) is 10.0. The van der Waals surface area contributed by atoms with Crippen molar-refractivity contribution in [2.75, 3.05) is 19.1 Å². The standard InChI is InChI=1S/C26H18Cl3NO5/c1-34-25(32)16-9-5-6-12-30(24(16)26(33)35-2)23-17(13-18(27)21(28)22(23)29)20-15-8-4-3-7-14(15)10-11-19(20)31/h3-13,31H,1-2H3. The van der Waals surface area contributed by atoms with Gasteiger partial charge < -0.3 is 19.5 Å². The summed E-state index contributed by atoms with van der Waals surface area (Å²) >= 11 is 19.6. The number of fused-ring (bicyclic) bond motifs is 1. The van der Waals surface area contributed by atoms with Crippen LogP contribution in [0.1, 0.15) is 0 Å². The lowest BCUT2D eigenvalue weighted by atomic mass is 9.95. The van der Waals surface area contributed by atoms with Gasteiger partial charge in [-0.1, -0.05) is 71.2 Å². The van der Waals surface area contributed by atoms with E-state index in [1.54, 1.807) is 30.4 Å². The Hall–Kier alpha value is -3.45. The first kappa shape index (κ1) is 24.7. The van der Waals surface area contributed by atoms with E-state index in [1.807, 2.05) is 24.3 Å². The Labute approximate surface area is 216 Å². The van der Waals surface area contributed by atoms with Gasteiger partial charge in [0.25, 0.3) is 0 Å². The van der Waals surface area contributed by atoms with E-state index >= 15 is 0 Å². The van der Waals surface area contributed by atoms with Gasteiger partial charge in [0.05, 0.1) is 40.5 Å². The number of methoxy groups -OCH3 is 2. The molecule has 0 radical (unpaired) electrons. The summed E-state index contributed by atoms with van der Waals surface area (Å²) in [6.07, 6.45) is 6.12. The van der Waals surface area contributed by atoms with Gasteiger partial charge in [0.15, 0.2) is 0 Å². The van der Waals surface area contributed by atoms with Gasteiger partial charge in [-0.3, -0.25) is 0 Å². The monoisotopic (exact) mass is 529 g/mol. The molecule has 4 rings (SSSR count). The molecule has 0 atom stereocenters. The number of carbonyl (C=O) groups excluding carboxylic acids is 2. The first-order valence-corrected chi connectivity index (χ1v) is 11.4. The van der Waals surface area contributed by atoms with Crippen LogP contribution in [0.3, 0.4) is 0 Å². The summed E-state index contributed by atoms with van der Waals surface area (Å²) in [7, 11) is 2.39. The van der Waals surface area contributed by atoms with E-state index < -0.39 is 11.9 Å². The fourth-order valence-corrected chi connectivity index (χ4v) is 4.58. The summed E-state index contributed by atoms with van der Waals surface area (Å²) in [5.41, 5.74) is 0.753. The van der Waals surface area contributed by atoms with Gasteiger partial charge in [0.1, 0.15) is 11.4 Å². The first-order chi connectivity index (χ1) is 16.8. The third-order valence-corrected chi connectivity index (χ3v) is 6.70. The van der Waals surface area contributed by atoms with Crippen LogP contribution < -0.4 is 4.90 Å². The van der Waals surface area contributed by atoms with Crippen LogP contribution in [0.15, 0.2) is 78.2 Å². The molecule has 0 spiro atoms. The maximum Gasteiger partial charge on any atom is 0.355 e. The highest BCUT2D eigenvalue weighted by Gasteiger charge is 2.32. The molecule has 6 nitrogen and oxygen atoms in total. The first-order valence-electron chi connectivity index (χ1n) is 10.2. The topological polar surface area (TPSA) is 76.1 Å². The number of esters is 2. The molecular weight excluding hydrogens is 513 g/mol. The van der Waals surface area contributed by atoms with Gasteiger partial charge >= 0.3 is 11.9 Å². The number of hydrogen-bond donors (Lipinski definition) is 1. The van der Waals surface area contributed by atoms with Gasteiger partial charge in [-0.15, -0.1) is 0 Å². The highest BCUT2D eigenvalue weighted by molar-refractivity contribution is 6.50. The third kappa shape index (κ3) is 4.36. The summed E-state index contributed by atoms with van der Waals surface area (Å²) in [6, 6.07) is 12.3. The van der Waals surface area contributed by atoms with Crippen molar-refractivity contribution in [1.29, 1.82) is 0 Å². The molecule has 1 N–H and O–H groups in total. The Morgan fingerprint density at radius 2 is 1.63 bits per heavy atom. The zero-order valence-corrected chi connectivity index (χ0v) is 20.8. The number of carbonyl (C=O) groups is 2. The summed E-state index contributed by atoms with van der Waals surface area (Å²) in [6.45, 7) is 0. The number of phenols is 1. The number of allylic oxidation sites excluding steroid dienone is 2. The zero-order chi connectivity index (χ0) is 25.3. The van der Waals surface area contributed by atoms with Gasteiger partial charge in [-0.25, -0.2) is 9.59 Å². The molecule has 0 saturated heterocycles. The molecule has 1 heterocycles. The van der Waals surface area contributed by atoms with E-state index in [9.17, 15) is 14.7 Å². The highest BCUT2D eigenvalue weighted by Crippen LogP contribution is 2.50. The molecule has 0 fully saturated rings. The van der Waals surface area contributed by atoms with Crippen LogP contribution in [0.25, 0.3) is 21.9 Å². The van der Waals surface area contributed by atoms with Crippen molar-refractivity contribution in [2.45, 2.75) is 0 Å². The Kier molecular flexibility index (Phi) is 7.08. The summed E-state index contributed by atoms with van der Waals surface area (Å²) in [4.78, 5) is 27.0. The number of phenolic OH excluding ortho intramolecular Hbond substituents is 1. The second-order valence-electron chi connectivity index (χ2n) is 7.38. The number of ether oxygens (including phenoxy) is 2. The molecule has 35 heavy (non-hydrogen) atoms. The predicted molar refractivity (Wildman–Crippen MR) is 138 cm³/mol. The van der Waals surface area contributed by atoms with Gasteiger partial charge in [0, 0.05) is 17.3 Å². The van der Waals surface area contributed by atoms with Crippen molar-refractivity contribution in [3.63, 3.8) is 0 Å². The Bertz CT molecular complexity index is 1460. The maximum atomic E-state index is 13.0. The van der Waals surface area contributed by atoms with Crippen molar-refractivity contribution in [3.05, 3.63) is 93.2 Å². The molecule has 0 amide bonds. The Morgan fingerprint density at radius 1 is 0.914 bits per heavy atom. The number of halogens is 3. The van der Waals surface area contributed by atoms with Gasteiger partial charge in [0.2, 0.25) is 0 Å². The molecule has 3 aromatic rings. The third-order valence-electron chi connectivity index (χ3n) is 5.44. The summed E-state index contributed by atoms with van der Waals surface area (Å²) in [5.74, 6) is -1.63. The molecule has 178 valence electrons. The SMILES string of the molecule is COC(=O)C1=C(C(=O)OC)N(c2c(-c3c(O)ccc4ccccc34)cc(Cl)c(Cl)c2Cl)C=CC=C1. The van der Waals surface area contributed by atoms with Crippen molar-refractivity contribution >= 4 is 63.2 Å². The van der Waals surface area contributed by atoms with Crippen LogP contribution in [0.4, 0.5) is 5.69 Å². The van der Waals surface area contributed by atoms with Crippen molar-refractivity contribution in [3.8, 4) is 16.9 Å². The van der Waals surface area contributed by atoms with E-state index in [1.165, 1.54) is 31.4 Å². The highest BCUT2D eigenvalue weighted by atomic mass is 35.5. The number of nitrogens with zero attached hydrogens (tertiary/aromatic N) is 1. The average molecular weight is 531 g/mol. The van der Waals surface area contributed by atoms with Crippen LogP contribution in [0, 0.1) is 0 Å². The lowest BCUT2D eigenvalue weighted by Crippen LogP contribution is -2.27. The Morgan fingerprint density at radius 3 is 2.34 bits per heavy atom. The van der Waals surface area contributed by atoms with Crippen molar-refractivity contribution in [1.82, 2.24) is 0 Å². The van der Waals surface area contributed by atoms with E-state index in [-0.39, 0.29) is 37.8 Å². The molecule has 1 aliphatic heterocycles. The Balaban J connectivity index is 2.14. The smallest absolute Gasteiger partial charge is 0.355 e. The zero-order valence-electron chi connectivity index (χ0n) is 18.5. The summed E-state index contributed by atoms with van der Waals surface area (Å²) < 4.78 is 9.88. The van der Waals surface area contributed by atoms with Crippen LogP contribution in [-0.4, -0.2) is 31.3 Å². The number of hydrogen-bond acceptors (Lipinski definition) is 6. The normalized spacial score (nSPS) is 13.2. The molecule has 3 aromatic carbocycles. The van der Waals surface area contributed by atoms with Crippen LogP contribution in [0.5, 0.6) is 5.75 Å². The number of anilines is 1. The number of aromatic hydroxyl groups is 1. The minimum Gasteiger partial charge on any atom is -0.507 e. The molecule has 9 heteroatoms. The van der Waals surface area contributed by atoms with E-state index in [4.69, 9.17) is 44.3 Å². The largest absolute Gasteiger partial charge is 0.507 e. The second-order valence-corrected chi connectivity index (χ2v) is 8.54. The maximum absolute atomic E-state index is 13.0. The van der Waals surface area contributed by atoms with E-state index in [0.29, 0.717) is 16.5 Å². The minimum atomic E-state index is -0.822. The van der Waals surface area contributed by atoms with Crippen molar-refractivity contribution < 1.29 is 24.2 Å². The molecule has 0 saturated carbocycles. The number of rotatable bonds is 4. The van der Waals surface area contributed by atoms with Gasteiger partial charge in [-0.05, 0) is 35.1 Å². The molecular formula is C26H18Cl3NO5. The molecule has 0 bridgehead atoms. The minimum absolute atomic E-state index is 0.00123. The number of benzene rings is 3. The van der Waals surface area contributed by atoms with E-state index in [2.05, 4.69) is 0 Å². The molecule has 1 aliphatic rings. The molecule has 0 unspecified atom stereocenters. The summed E-state index contributed by atoms with van der Waals surface area (Å²) in [5, 5.41) is 12.7. The van der Waals surface area contributed by atoms with Crippen LogP contribution >= 0.6 is 34.8 Å². The van der Waals surface area contributed by atoms with Crippen LogP contribution in [0.2, 0.25) is 15.1 Å².